The van der Waals surface area contributed by atoms with E-state index in [-0.39, 0.29) is 22.7 Å². The molecule has 0 aliphatic carbocycles. The van der Waals surface area contributed by atoms with Crippen LogP contribution >= 0.6 is 7.37 Å². The number of hydrogen-bond donors (Lipinski definition) is 1. The SMILES string of the molecule is [2H]c1cccc([2H])c1P(=O)(O)c1ccccc1. The summed E-state index contributed by atoms with van der Waals surface area (Å²) in [7, 11) is -3.85. The number of benzene rings is 2. The molecule has 0 spiro atoms. The lowest BCUT2D eigenvalue weighted by atomic mass is 10.4. The normalized spacial score (nSPS) is 16.3. The summed E-state index contributed by atoms with van der Waals surface area (Å²) in [6.07, 6.45) is 0. The Kier molecular flexibility index (Phi) is 2.10. The highest BCUT2D eigenvalue weighted by molar-refractivity contribution is 7.73. The fraction of sp³-hybridized carbons (Fsp3) is 0. The lowest BCUT2D eigenvalue weighted by Crippen LogP contribution is -2.14. The lowest BCUT2D eigenvalue weighted by Gasteiger charge is -2.11. The van der Waals surface area contributed by atoms with Crippen molar-refractivity contribution in [1.82, 2.24) is 0 Å². The van der Waals surface area contributed by atoms with E-state index in [0.29, 0.717) is 0 Å². The molecule has 0 fully saturated rings. The van der Waals surface area contributed by atoms with Gasteiger partial charge < -0.3 is 4.89 Å². The van der Waals surface area contributed by atoms with Gasteiger partial charge in [0, 0.05) is 10.6 Å². The van der Waals surface area contributed by atoms with Gasteiger partial charge in [-0.1, -0.05) is 36.4 Å². The van der Waals surface area contributed by atoms with Crippen molar-refractivity contribution in [2.24, 2.45) is 0 Å². The Hall–Kier alpha value is -1.37. The molecule has 1 atom stereocenters. The third-order valence-electron chi connectivity index (χ3n) is 2.04. The third kappa shape index (κ3) is 2.01. The van der Waals surface area contributed by atoms with Crippen molar-refractivity contribution < 1.29 is 12.2 Å². The molecule has 2 rings (SSSR count). The van der Waals surface area contributed by atoms with Gasteiger partial charge in [0.15, 0.2) is 0 Å². The Morgan fingerprint density at radius 3 is 2.07 bits per heavy atom. The van der Waals surface area contributed by atoms with E-state index in [1.165, 1.54) is 30.3 Å². The zero-order valence-corrected chi connectivity index (χ0v) is 8.82. The fourth-order valence-electron chi connectivity index (χ4n) is 1.28. The van der Waals surface area contributed by atoms with E-state index in [1.54, 1.807) is 18.2 Å². The van der Waals surface area contributed by atoms with Crippen LogP contribution in [0, 0.1) is 0 Å². The average Bonchev–Trinajstić information content (AvgIpc) is 2.29. The molecular formula is C12H11O2P. The Morgan fingerprint density at radius 1 is 0.933 bits per heavy atom. The monoisotopic (exact) mass is 220 g/mol. The largest absolute Gasteiger partial charge is 0.338 e. The van der Waals surface area contributed by atoms with Gasteiger partial charge in [-0.3, -0.25) is 4.57 Å². The van der Waals surface area contributed by atoms with E-state index in [9.17, 15) is 9.46 Å². The van der Waals surface area contributed by atoms with Crippen LogP contribution in [0.4, 0.5) is 0 Å². The maximum Gasteiger partial charge on any atom is 0.258 e. The van der Waals surface area contributed by atoms with Crippen molar-refractivity contribution in [3.8, 4) is 0 Å². The molecule has 0 amide bonds. The van der Waals surface area contributed by atoms with E-state index in [2.05, 4.69) is 0 Å². The van der Waals surface area contributed by atoms with E-state index in [1.807, 2.05) is 0 Å². The van der Waals surface area contributed by atoms with Gasteiger partial charge >= 0.3 is 0 Å². The van der Waals surface area contributed by atoms with Crippen LogP contribution in [-0.2, 0) is 4.57 Å². The predicted molar refractivity (Wildman–Crippen MR) is 62.0 cm³/mol. The maximum absolute atomic E-state index is 12.4. The first-order chi connectivity index (χ1) is 8.03. The lowest BCUT2D eigenvalue weighted by molar-refractivity contribution is 0.501. The van der Waals surface area contributed by atoms with Gasteiger partial charge in [-0.15, -0.1) is 0 Å². The van der Waals surface area contributed by atoms with Gasteiger partial charge in [0.05, 0.1) is 2.74 Å². The third-order valence-corrected chi connectivity index (χ3v) is 3.90. The second-order valence-corrected chi connectivity index (χ2v) is 5.19. The predicted octanol–water partition coefficient (Wildman–Crippen LogP) is 1.91. The molecular weight excluding hydrogens is 207 g/mol. The minimum atomic E-state index is -3.85. The Balaban J connectivity index is 2.64. The second-order valence-electron chi connectivity index (χ2n) is 3.07. The van der Waals surface area contributed by atoms with Crippen LogP contribution in [-0.4, -0.2) is 4.89 Å². The van der Waals surface area contributed by atoms with Crippen LogP contribution in [0.15, 0.2) is 60.6 Å². The van der Waals surface area contributed by atoms with E-state index in [0.717, 1.165) is 0 Å². The highest BCUT2D eigenvalue weighted by Crippen LogP contribution is 2.37. The quantitative estimate of drug-likeness (QED) is 0.785. The van der Waals surface area contributed by atoms with Gasteiger partial charge in [-0.25, -0.2) is 0 Å². The van der Waals surface area contributed by atoms with Gasteiger partial charge in [0.2, 0.25) is 0 Å². The van der Waals surface area contributed by atoms with Crippen molar-refractivity contribution in [2.75, 3.05) is 0 Å². The van der Waals surface area contributed by atoms with E-state index in [4.69, 9.17) is 2.74 Å². The summed E-state index contributed by atoms with van der Waals surface area (Å²) in [5.41, 5.74) is 0. The van der Waals surface area contributed by atoms with Crippen molar-refractivity contribution >= 4 is 18.0 Å². The molecule has 0 saturated heterocycles. The highest BCUT2D eigenvalue weighted by atomic mass is 31.2. The zero-order valence-electron chi connectivity index (χ0n) is 9.92. The second kappa shape index (κ2) is 4.01. The van der Waals surface area contributed by atoms with Crippen molar-refractivity contribution in [3.63, 3.8) is 0 Å². The molecule has 0 heterocycles. The van der Waals surface area contributed by atoms with Crippen LogP contribution in [0.3, 0.4) is 0 Å². The topological polar surface area (TPSA) is 37.3 Å². The van der Waals surface area contributed by atoms with Crippen LogP contribution in [0.2, 0.25) is 0 Å². The first kappa shape index (κ1) is 7.86. The Labute approximate surface area is 91.5 Å². The van der Waals surface area contributed by atoms with E-state index < -0.39 is 7.37 Å². The fourth-order valence-corrected chi connectivity index (χ4v) is 2.61. The van der Waals surface area contributed by atoms with Crippen LogP contribution < -0.4 is 10.6 Å². The molecule has 2 aromatic rings. The summed E-state index contributed by atoms with van der Waals surface area (Å²) in [6, 6.07) is 12.3. The molecule has 0 bridgehead atoms. The standard InChI is InChI=1S/C12H11O2P/c13-15(14,11-7-3-1-4-8-11)12-9-5-2-6-10-12/h1-10H,(H,13,14)/i7D,8D. The summed E-state index contributed by atoms with van der Waals surface area (Å²) < 4.78 is 27.7. The van der Waals surface area contributed by atoms with Gasteiger partial charge in [-0.05, 0) is 24.2 Å². The summed E-state index contributed by atoms with van der Waals surface area (Å²) in [4.78, 5) is 10.1. The number of rotatable bonds is 2. The molecule has 0 aliphatic heterocycles. The summed E-state index contributed by atoms with van der Waals surface area (Å²) in [5.74, 6) is 0. The molecule has 0 aromatic heterocycles. The molecule has 2 aromatic carbocycles. The number of hydrogen-bond acceptors (Lipinski definition) is 1. The first-order valence-corrected chi connectivity index (χ1v) is 6.14. The molecule has 1 N–H and O–H groups in total. The minimum absolute atomic E-state index is 0.0767. The van der Waals surface area contributed by atoms with Gasteiger partial charge in [0.1, 0.15) is 0 Å². The first-order valence-electron chi connectivity index (χ1n) is 5.48. The summed E-state index contributed by atoms with van der Waals surface area (Å²) >= 11 is 0. The summed E-state index contributed by atoms with van der Waals surface area (Å²) in [5, 5.41) is 0.138. The van der Waals surface area contributed by atoms with Crippen molar-refractivity contribution in [1.29, 1.82) is 0 Å². The van der Waals surface area contributed by atoms with Gasteiger partial charge in [-0.2, -0.15) is 0 Å². The molecule has 3 heteroatoms. The van der Waals surface area contributed by atoms with Crippen LogP contribution in [0.25, 0.3) is 0 Å². The summed E-state index contributed by atoms with van der Waals surface area (Å²) in [6.45, 7) is 0. The minimum Gasteiger partial charge on any atom is -0.338 e. The van der Waals surface area contributed by atoms with Gasteiger partial charge in [0.25, 0.3) is 7.37 Å². The molecule has 15 heavy (non-hydrogen) atoms. The average molecular weight is 220 g/mol. The Morgan fingerprint density at radius 2 is 1.47 bits per heavy atom. The zero-order chi connectivity index (χ0) is 12.5. The Bertz CT molecular complexity index is 564. The van der Waals surface area contributed by atoms with Crippen LogP contribution in [0.1, 0.15) is 2.74 Å². The highest BCUT2D eigenvalue weighted by Gasteiger charge is 2.22. The molecule has 0 saturated carbocycles. The van der Waals surface area contributed by atoms with E-state index >= 15 is 0 Å². The molecule has 0 radical (unpaired) electrons. The maximum atomic E-state index is 12.4. The van der Waals surface area contributed by atoms with Crippen molar-refractivity contribution in [2.45, 2.75) is 0 Å². The molecule has 2 nitrogen and oxygen atoms in total. The van der Waals surface area contributed by atoms with Crippen molar-refractivity contribution in [3.05, 3.63) is 60.6 Å². The molecule has 1 unspecified atom stereocenters. The molecule has 76 valence electrons. The molecule has 0 aliphatic rings. The van der Waals surface area contributed by atoms with Crippen LogP contribution in [0.5, 0.6) is 0 Å². The smallest absolute Gasteiger partial charge is 0.258 e.